The second-order valence-corrected chi connectivity index (χ2v) is 16.9. The van der Waals surface area contributed by atoms with Crippen molar-refractivity contribution < 1.29 is 58.5 Å². The molecule has 20 heteroatoms. The Kier molecular flexibility index (Phi) is 23.2. The highest BCUT2D eigenvalue weighted by Gasteiger charge is 2.36. The van der Waals surface area contributed by atoms with E-state index >= 15 is 0 Å². The molecule has 20 nitrogen and oxygen atoms in total. The van der Waals surface area contributed by atoms with Crippen LogP contribution in [0.25, 0.3) is 0 Å². The maximum absolute atomic E-state index is 14.0. The summed E-state index contributed by atoms with van der Waals surface area (Å²) in [4.78, 5) is 117. The largest absolute Gasteiger partial charge is 0.508 e. The van der Waals surface area contributed by atoms with Crippen LogP contribution in [0.3, 0.4) is 0 Å². The first-order chi connectivity index (χ1) is 28.9. The van der Waals surface area contributed by atoms with Crippen molar-refractivity contribution in [2.75, 3.05) is 0 Å². The van der Waals surface area contributed by atoms with Crippen molar-refractivity contribution in [1.29, 1.82) is 0 Å². The van der Waals surface area contributed by atoms with Gasteiger partial charge in [-0.1, -0.05) is 73.9 Å². The van der Waals surface area contributed by atoms with Crippen molar-refractivity contribution in [3.63, 3.8) is 0 Å². The van der Waals surface area contributed by atoms with Crippen LogP contribution in [0.2, 0.25) is 0 Å². The highest BCUT2D eigenvalue weighted by Crippen LogP contribution is 2.15. The van der Waals surface area contributed by atoms with Crippen molar-refractivity contribution >= 4 is 53.3 Å². The van der Waals surface area contributed by atoms with Crippen LogP contribution in [0.5, 0.6) is 5.75 Å². The number of nitrogens with one attached hydrogen (secondary N) is 6. The highest BCUT2D eigenvalue weighted by molar-refractivity contribution is 5.97. The lowest BCUT2D eigenvalue weighted by atomic mass is 9.97. The Morgan fingerprint density at radius 1 is 0.581 bits per heavy atom. The molecule has 1 aromatic carbocycles. The van der Waals surface area contributed by atoms with Crippen LogP contribution in [0.4, 0.5) is 0 Å². The van der Waals surface area contributed by atoms with Crippen LogP contribution in [-0.4, -0.2) is 111 Å². The van der Waals surface area contributed by atoms with Crippen LogP contribution >= 0.6 is 0 Å². The van der Waals surface area contributed by atoms with E-state index in [0.717, 1.165) is 0 Å². The zero-order valence-electron chi connectivity index (χ0n) is 37.0. The number of hydrogen-bond acceptors (Lipinski definition) is 11. The first kappa shape index (κ1) is 54.2. The average molecular weight is 877 g/mol. The number of phenolic OH excluding ortho intramolecular Hbond substituents is 1. The molecule has 0 saturated carbocycles. The number of carbonyl (C=O) groups excluding carboxylic acids is 7. The highest BCUT2D eigenvalue weighted by atomic mass is 16.4. The van der Waals surface area contributed by atoms with Crippen LogP contribution in [0.1, 0.15) is 106 Å². The number of amides is 7. The summed E-state index contributed by atoms with van der Waals surface area (Å²) in [6.07, 6.45) is -0.705. The predicted octanol–water partition coefficient (Wildman–Crippen LogP) is 0.180. The van der Waals surface area contributed by atoms with Gasteiger partial charge in [0.2, 0.25) is 41.4 Å². The number of hydrogen-bond donors (Lipinski definition) is 11. The lowest BCUT2D eigenvalue weighted by Gasteiger charge is -2.29. The van der Waals surface area contributed by atoms with E-state index < -0.39 is 107 Å². The van der Waals surface area contributed by atoms with E-state index in [1.54, 1.807) is 41.5 Å². The lowest BCUT2D eigenvalue weighted by Crippen LogP contribution is -2.61. The normalized spacial score (nSPS) is 15.2. The van der Waals surface area contributed by atoms with Crippen molar-refractivity contribution in [1.82, 2.24) is 31.9 Å². The number of carboxylic acids is 2. The number of primary amides is 1. The van der Waals surface area contributed by atoms with Gasteiger partial charge in [0.05, 0.1) is 6.04 Å². The number of carboxylic acid groups (broad SMARTS) is 2. The van der Waals surface area contributed by atoms with Crippen molar-refractivity contribution in [2.24, 2.45) is 35.1 Å². The Morgan fingerprint density at radius 3 is 1.50 bits per heavy atom. The summed E-state index contributed by atoms with van der Waals surface area (Å²) in [5.74, 6) is -9.46. The topological polar surface area (TPSA) is 339 Å². The van der Waals surface area contributed by atoms with E-state index in [-0.39, 0.29) is 62.5 Å². The number of aromatic hydroxyl groups is 1. The third-order valence-corrected chi connectivity index (χ3v) is 10.0. The number of aliphatic carboxylic acids is 2. The van der Waals surface area contributed by atoms with E-state index in [1.807, 2.05) is 13.8 Å². The summed E-state index contributed by atoms with van der Waals surface area (Å²) in [5.41, 5.74) is 11.8. The molecule has 0 aliphatic heterocycles. The minimum atomic E-state index is -1.48. The molecular formula is C42H68N8O12. The van der Waals surface area contributed by atoms with E-state index in [4.69, 9.17) is 16.6 Å². The smallest absolute Gasteiger partial charge is 0.326 e. The first-order valence-corrected chi connectivity index (χ1v) is 20.9. The SMILES string of the molecule is CC[C@H](C)[C@H](NC(=O)[C@H](Cc1ccc(O)cc1)NC(=O)[C@H](CCC(N)=O)NC(=O)[C@@H](NC(=O)[C@H](CC(C)C)NC(=O)[C@H](CC(C)C)NC(=O)[C@@H](N)CCC(=O)O)C(C)C)C(=O)O. The van der Waals surface area contributed by atoms with Gasteiger partial charge in [0.25, 0.3) is 0 Å². The molecule has 7 amide bonds. The molecule has 1 rings (SSSR count). The van der Waals surface area contributed by atoms with E-state index in [2.05, 4.69) is 31.9 Å². The van der Waals surface area contributed by atoms with Gasteiger partial charge in [-0.3, -0.25) is 38.4 Å². The van der Waals surface area contributed by atoms with E-state index in [0.29, 0.717) is 12.0 Å². The maximum Gasteiger partial charge on any atom is 0.326 e. The van der Waals surface area contributed by atoms with E-state index in [1.165, 1.54) is 24.3 Å². The fourth-order valence-corrected chi connectivity index (χ4v) is 6.26. The molecule has 0 unspecified atom stereocenters. The number of rotatable bonds is 28. The average Bonchev–Trinajstić information content (AvgIpc) is 3.18. The van der Waals surface area contributed by atoms with E-state index in [9.17, 15) is 53.4 Å². The molecule has 0 aliphatic carbocycles. The molecule has 348 valence electrons. The summed E-state index contributed by atoms with van der Waals surface area (Å²) in [6, 6.07) is -3.30. The summed E-state index contributed by atoms with van der Waals surface area (Å²) in [5, 5.41) is 44.1. The Balaban J connectivity index is 3.42. The van der Waals surface area contributed by atoms with Gasteiger partial charge in [0, 0.05) is 19.3 Å². The van der Waals surface area contributed by atoms with Crippen molar-refractivity contribution in [3.05, 3.63) is 29.8 Å². The van der Waals surface area contributed by atoms with Gasteiger partial charge in [-0.25, -0.2) is 4.79 Å². The third-order valence-electron chi connectivity index (χ3n) is 10.0. The van der Waals surface area contributed by atoms with Gasteiger partial charge in [-0.2, -0.15) is 0 Å². The third kappa shape index (κ3) is 19.7. The summed E-state index contributed by atoms with van der Waals surface area (Å²) < 4.78 is 0. The Morgan fingerprint density at radius 2 is 1.03 bits per heavy atom. The summed E-state index contributed by atoms with van der Waals surface area (Å²) in [7, 11) is 0. The van der Waals surface area contributed by atoms with Gasteiger partial charge >= 0.3 is 11.9 Å². The molecule has 0 radical (unpaired) electrons. The zero-order chi connectivity index (χ0) is 47.4. The molecule has 8 atom stereocenters. The lowest BCUT2D eigenvalue weighted by molar-refractivity contribution is -0.144. The fourth-order valence-electron chi connectivity index (χ4n) is 6.26. The molecule has 0 heterocycles. The second-order valence-electron chi connectivity index (χ2n) is 16.9. The molecule has 0 bridgehead atoms. The molecule has 0 fully saturated rings. The molecule has 0 saturated heterocycles. The Bertz CT molecular complexity index is 1700. The number of nitrogens with two attached hydrogens (primary N) is 2. The quantitative estimate of drug-likeness (QED) is 0.0536. The molecule has 0 aliphatic rings. The van der Waals surface area contributed by atoms with Gasteiger partial charge in [-0.15, -0.1) is 0 Å². The fraction of sp³-hybridized carbons (Fsp3) is 0.643. The maximum atomic E-state index is 14.0. The molecular weight excluding hydrogens is 809 g/mol. The van der Waals surface area contributed by atoms with Crippen LogP contribution in [0.15, 0.2) is 24.3 Å². The van der Waals surface area contributed by atoms with Crippen LogP contribution < -0.4 is 43.4 Å². The standard InChI is InChI=1S/C42H68N8O12/c1-9-24(8)35(42(61)62)50-40(59)31(20-25-10-12-26(51)13-11-25)48-37(56)28(15-16-32(44)52)45-41(60)34(23(6)7)49-39(58)30(19-22(4)5)47-38(57)29(18-21(2)3)46-36(55)27(43)14-17-33(53)54/h10-13,21-24,27-31,34-35,51H,9,14-20,43H2,1-8H3,(H2,44,52)(H,45,60)(H,46,55)(H,47,57)(H,48,56)(H,49,58)(H,50,59)(H,53,54)(H,61,62)/t24-,27-,28-,29-,30-,31-,34-,35-/m0/s1. The summed E-state index contributed by atoms with van der Waals surface area (Å²) in [6.45, 7) is 13.9. The first-order valence-electron chi connectivity index (χ1n) is 20.9. The van der Waals surface area contributed by atoms with Crippen LogP contribution in [0, 0.1) is 23.7 Å². The summed E-state index contributed by atoms with van der Waals surface area (Å²) >= 11 is 0. The van der Waals surface area contributed by atoms with Gasteiger partial charge in [-0.05, 0) is 67.1 Å². The van der Waals surface area contributed by atoms with Crippen LogP contribution in [-0.2, 0) is 49.6 Å². The monoisotopic (exact) mass is 876 g/mol. The Labute approximate surface area is 362 Å². The van der Waals surface area contributed by atoms with Crippen molar-refractivity contribution in [2.45, 2.75) is 149 Å². The molecule has 1 aromatic rings. The number of phenols is 1. The molecule has 62 heavy (non-hydrogen) atoms. The number of carbonyl (C=O) groups is 9. The second kappa shape index (κ2) is 26.5. The minimum absolute atomic E-state index is 0.0591. The van der Waals surface area contributed by atoms with Gasteiger partial charge in [0.15, 0.2) is 0 Å². The molecule has 0 spiro atoms. The van der Waals surface area contributed by atoms with Gasteiger partial charge in [0.1, 0.15) is 42.0 Å². The molecule has 13 N–H and O–H groups in total. The number of benzene rings is 1. The zero-order valence-corrected chi connectivity index (χ0v) is 37.0. The Hall–Kier alpha value is -5.79. The van der Waals surface area contributed by atoms with Gasteiger partial charge < -0.3 is 58.7 Å². The van der Waals surface area contributed by atoms with Crippen molar-refractivity contribution in [3.8, 4) is 5.75 Å². The molecule has 0 aromatic heterocycles. The predicted molar refractivity (Wildman–Crippen MR) is 228 cm³/mol. The minimum Gasteiger partial charge on any atom is -0.508 e.